The summed E-state index contributed by atoms with van der Waals surface area (Å²) in [5.41, 5.74) is 2.83. The number of aryl methyl sites for hydroxylation is 1. The Balaban J connectivity index is 2.30. The summed E-state index contributed by atoms with van der Waals surface area (Å²) in [5.74, 6) is 0.568. The molecule has 0 aliphatic rings. The van der Waals surface area contributed by atoms with Crippen LogP contribution in [0, 0.1) is 11.3 Å². The molecule has 0 saturated carbocycles. The maximum Gasteiger partial charge on any atom is 0.161 e. The van der Waals surface area contributed by atoms with Gasteiger partial charge in [0.15, 0.2) is 5.78 Å². The van der Waals surface area contributed by atoms with Crippen LogP contribution in [0.25, 0.3) is 0 Å². The van der Waals surface area contributed by atoms with Gasteiger partial charge in [0.1, 0.15) is 18.4 Å². The van der Waals surface area contributed by atoms with Crippen molar-refractivity contribution in [3.05, 3.63) is 64.7 Å². The normalized spacial score (nSPS) is 9.95. The van der Waals surface area contributed by atoms with Crippen molar-refractivity contribution >= 4 is 5.78 Å². The first-order valence-corrected chi connectivity index (χ1v) is 6.90. The molecule has 2 aromatic rings. The highest BCUT2D eigenvalue weighted by Crippen LogP contribution is 2.25. The molecule has 0 radical (unpaired) electrons. The summed E-state index contributed by atoms with van der Waals surface area (Å²) in [6.45, 7) is 3.92. The third-order valence-electron chi connectivity index (χ3n) is 3.32. The van der Waals surface area contributed by atoms with Crippen molar-refractivity contribution in [2.75, 3.05) is 0 Å². The van der Waals surface area contributed by atoms with Crippen molar-refractivity contribution in [3.63, 3.8) is 0 Å². The molecule has 0 saturated heterocycles. The molecule has 0 amide bonds. The van der Waals surface area contributed by atoms with Gasteiger partial charge in [0.25, 0.3) is 0 Å². The molecule has 3 nitrogen and oxygen atoms in total. The highest BCUT2D eigenvalue weighted by molar-refractivity contribution is 5.97. The van der Waals surface area contributed by atoms with Crippen LogP contribution in [-0.4, -0.2) is 5.78 Å². The summed E-state index contributed by atoms with van der Waals surface area (Å²) in [6, 6.07) is 15.3. The second kappa shape index (κ2) is 6.71. The molecule has 21 heavy (non-hydrogen) atoms. The molecule has 0 heterocycles. The second-order valence-electron chi connectivity index (χ2n) is 4.80. The predicted molar refractivity (Wildman–Crippen MR) is 81.3 cm³/mol. The van der Waals surface area contributed by atoms with Crippen molar-refractivity contribution in [2.45, 2.75) is 26.9 Å². The maximum atomic E-state index is 11.6. The topological polar surface area (TPSA) is 50.1 Å². The molecular weight excluding hydrogens is 262 g/mol. The van der Waals surface area contributed by atoms with E-state index >= 15 is 0 Å². The van der Waals surface area contributed by atoms with Crippen molar-refractivity contribution in [2.24, 2.45) is 0 Å². The molecule has 0 aliphatic carbocycles. The van der Waals surface area contributed by atoms with Crippen LogP contribution in [0.3, 0.4) is 0 Å². The summed E-state index contributed by atoms with van der Waals surface area (Å²) in [6.07, 6.45) is 0.746. The number of Topliss-reactive ketones (excluding diaryl/α,β-unsaturated/α-hetero) is 1. The first kappa shape index (κ1) is 14.8. The summed E-state index contributed by atoms with van der Waals surface area (Å²) < 4.78 is 5.83. The monoisotopic (exact) mass is 279 g/mol. The summed E-state index contributed by atoms with van der Waals surface area (Å²) in [7, 11) is 0. The van der Waals surface area contributed by atoms with Crippen LogP contribution in [0.2, 0.25) is 0 Å². The van der Waals surface area contributed by atoms with Crippen molar-refractivity contribution in [3.8, 4) is 11.8 Å². The first-order valence-electron chi connectivity index (χ1n) is 6.90. The maximum absolute atomic E-state index is 11.6. The van der Waals surface area contributed by atoms with Gasteiger partial charge in [-0.15, -0.1) is 0 Å². The third kappa shape index (κ3) is 3.49. The highest BCUT2D eigenvalue weighted by Gasteiger charge is 2.13. The number of hydrogen-bond acceptors (Lipinski definition) is 3. The quantitative estimate of drug-likeness (QED) is 0.780. The molecule has 106 valence electrons. The van der Waals surface area contributed by atoms with Gasteiger partial charge in [0, 0.05) is 5.56 Å². The summed E-state index contributed by atoms with van der Waals surface area (Å²) in [5, 5.41) is 9.18. The number of rotatable bonds is 5. The summed E-state index contributed by atoms with van der Waals surface area (Å²) >= 11 is 0. The molecule has 2 aromatic carbocycles. The number of ether oxygens (including phenoxy) is 1. The molecular formula is C18H17NO2. The van der Waals surface area contributed by atoms with E-state index in [1.807, 2.05) is 37.3 Å². The molecule has 0 unspecified atom stereocenters. The van der Waals surface area contributed by atoms with Gasteiger partial charge < -0.3 is 4.74 Å². The fourth-order valence-electron chi connectivity index (χ4n) is 2.15. The minimum absolute atomic E-state index is 0.101. The molecule has 0 aromatic heterocycles. The lowest BCUT2D eigenvalue weighted by atomic mass is 9.99. The Bertz CT molecular complexity index is 684. The van der Waals surface area contributed by atoms with E-state index in [-0.39, 0.29) is 5.78 Å². The number of ketones is 1. The van der Waals surface area contributed by atoms with E-state index in [0.29, 0.717) is 23.5 Å². The number of benzene rings is 2. The van der Waals surface area contributed by atoms with Crippen LogP contribution in [0.15, 0.2) is 42.5 Å². The molecule has 2 rings (SSSR count). The molecule has 0 atom stereocenters. The first-order chi connectivity index (χ1) is 10.2. The van der Waals surface area contributed by atoms with Gasteiger partial charge in [-0.05, 0) is 36.6 Å². The van der Waals surface area contributed by atoms with Gasteiger partial charge in [-0.1, -0.05) is 37.3 Å². The smallest absolute Gasteiger partial charge is 0.161 e. The number of nitriles is 1. The SMILES string of the molecule is CCc1cc(C(C)=O)c(C#N)cc1OCc1ccccc1. The van der Waals surface area contributed by atoms with Gasteiger partial charge >= 0.3 is 0 Å². The Morgan fingerprint density at radius 1 is 1.24 bits per heavy atom. The average Bonchev–Trinajstić information content (AvgIpc) is 2.52. The minimum Gasteiger partial charge on any atom is -0.489 e. The Hall–Kier alpha value is -2.60. The van der Waals surface area contributed by atoms with Gasteiger partial charge in [-0.25, -0.2) is 0 Å². The van der Waals surface area contributed by atoms with E-state index in [9.17, 15) is 10.1 Å². The number of carbonyl (C=O) groups is 1. The van der Waals surface area contributed by atoms with Gasteiger partial charge in [0.05, 0.1) is 5.56 Å². The van der Waals surface area contributed by atoms with E-state index < -0.39 is 0 Å². The van der Waals surface area contributed by atoms with Crippen LogP contribution < -0.4 is 4.74 Å². The van der Waals surface area contributed by atoms with Crippen LogP contribution in [0.4, 0.5) is 0 Å². The molecule has 0 aliphatic heterocycles. The van der Waals surface area contributed by atoms with Crippen LogP contribution in [0.1, 0.15) is 40.9 Å². The standard InChI is InChI=1S/C18H17NO2/c1-3-15-9-17(13(2)20)16(11-19)10-18(15)21-12-14-7-5-4-6-8-14/h4-10H,3,12H2,1-2H3. The fraction of sp³-hybridized carbons (Fsp3) is 0.222. The molecule has 3 heteroatoms. The average molecular weight is 279 g/mol. The number of nitrogens with zero attached hydrogens (tertiary/aromatic N) is 1. The molecule has 0 spiro atoms. The molecule has 0 bridgehead atoms. The highest BCUT2D eigenvalue weighted by atomic mass is 16.5. The fourth-order valence-corrected chi connectivity index (χ4v) is 2.15. The Morgan fingerprint density at radius 3 is 2.52 bits per heavy atom. The zero-order valence-electron chi connectivity index (χ0n) is 12.2. The lowest BCUT2D eigenvalue weighted by Gasteiger charge is -2.13. The van der Waals surface area contributed by atoms with Gasteiger partial charge in [-0.3, -0.25) is 4.79 Å². The van der Waals surface area contributed by atoms with E-state index in [1.165, 1.54) is 6.92 Å². The van der Waals surface area contributed by atoms with E-state index in [1.54, 1.807) is 12.1 Å². The van der Waals surface area contributed by atoms with Crippen molar-refractivity contribution in [1.82, 2.24) is 0 Å². The lowest BCUT2D eigenvalue weighted by molar-refractivity contribution is 0.101. The van der Waals surface area contributed by atoms with E-state index in [2.05, 4.69) is 6.07 Å². The van der Waals surface area contributed by atoms with Crippen molar-refractivity contribution < 1.29 is 9.53 Å². The Kier molecular flexibility index (Phi) is 4.73. The number of carbonyl (C=O) groups excluding carboxylic acids is 1. The van der Waals surface area contributed by atoms with Gasteiger partial charge in [0.2, 0.25) is 0 Å². The van der Waals surface area contributed by atoms with E-state index in [4.69, 9.17) is 4.74 Å². The second-order valence-corrected chi connectivity index (χ2v) is 4.80. The van der Waals surface area contributed by atoms with Crippen LogP contribution in [-0.2, 0) is 13.0 Å². The van der Waals surface area contributed by atoms with Crippen LogP contribution in [0.5, 0.6) is 5.75 Å². The largest absolute Gasteiger partial charge is 0.489 e. The predicted octanol–water partition coefficient (Wildman–Crippen LogP) is 3.90. The lowest BCUT2D eigenvalue weighted by Crippen LogP contribution is -2.03. The van der Waals surface area contributed by atoms with Crippen molar-refractivity contribution in [1.29, 1.82) is 5.26 Å². The Labute approximate surface area is 124 Å². The zero-order chi connectivity index (χ0) is 15.2. The molecule has 0 N–H and O–H groups in total. The number of hydrogen-bond donors (Lipinski definition) is 0. The van der Waals surface area contributed by atoms with Gasteiger partial charge in [-0.2, -0.15) is 5.26 Å². The summed E-state index contributed by atoms with van der Waals surface area (Å²) in [4.78, 5) is 11.6. The van der Waals surface area contributed by atoms with E-state index in [0.717, 1.165) is 17.5 Å². The third-order valence-corrected chi connectivity index (χ3v) is 3.32. The van der Waals surface area contributed by atoms with Crippen LogP contribution >= 0.6 is 0 Å². The zero-order valence-corrected chi connectivity index (χ0v) is 12.2. The Morgan fingerprint density at radius 2 is 1.95 bits per heavy atom. The molecule has 0 fully saturated rings. The minimum atomic E-state index is -0.101.